The van der Waals surface area contributed by atoms with E-state index < -0.39 is 6.61 Å². The first-order chi connectivity index (χ1) is 10.1. The molecule has 5 nitrogen and oxygen atoms in total. The normalized spacial score (nSPS) is 10.6. The van der Waals surface area contributed by atoms with Crippen LogP contribution in [0.2, 0.25) is 0 Å². The standard InChI is InChI=1S/C14H15F2N3O2/c15-14(16)21-12-4-2-11(3-5-12)13(20)18-6-1-8-19-9-7-17-10-19/h2-5,7,9-10,14H,1,6,8H2,(H,18,20). The molecule has 1 aromatic carbocycles. The summed E-state index contributed by atoms with van der Waals surface area (Å²) in [5.74, 6) is -0.217. The Morgan fingerprint density at radius 3 is 2.71 bits per heavy atom. The van der Waals surface area contributed by atoms with E-state index >= 15 is 0 Å². The fourth-order valence-corrected chi connectivity index (χ4v) is 1.77. The molecule has 1 amide bonds. The third-order valence-electron chi connectivity index (χ3n) is 2.78. The van der Waals surface area contributed by atoms with Crippen LogP contribution in [-0.2, 0) is 6.54 Å². The maximum Gasteiger partial charge on any atom is 0.387 e. The van der Waals surface area contributed by atoms with Gasteiger partial charge in [-0.25, -0.2) is 4.98 Å². The number of amides is 1. The molecule has 0 bridgehead atoms. The molecule has 112 valence electrons. The van der Waals surface area contributed by atoms with Gasteiger partial charge in [0.05, 0.1) is 6.33 Å². The van der Waals surface area contributed by atoms with Gasteiger partial charge in [0.2, 0.25) is 0 Å². The fraction of sp³-hybridized carbons (Fsp3) is 0.286. The van der Waals surface area contributed by atoms with Crippen LogP contribution in [0.1, 0.15) is 16.8 Å². The maximum absolute atomic E-state index is 12.0. The zero-order valence-electron chi connectivity index (χ0n) is 11.2. The van der Waals surface area contributed by atoms with Crippen LogP contribution >= 0.6 is 0 Å². The van der Waals surface area contributed by atoms with Crippen molar-refractivity contribution in [3.63, 3.8) is 0 Å². The van der Waals surface area contributed by atoms with Crippen LogP contribution in [0.5, 0.6) is 5.75 Å². The van der Waals surface area contributed by atoms with Crippen LogP contribution in [0, 0.1) is 0 Å². The summed E-state index contributed by atoms with van der Waals surface area (Å²) in [7, 11) is 0. The summed E-state index contributed by atoms with van der Waals surface area (Å²) in [6, 6.07) is 5.57. The molecule has 0 fully saturated rings. The molecule has 0 spiro atoms. The number of nitrogens with zero attached hydrogens (tertiary/aromatic N) is 2. The van der Waals surface area contributed by atoms with Gasteiger partial charge in [0.1, 0.15) is 5.75 Å². The number of halogens is 2. The molecule has 0 saturated heterocycles. The number of alkyl halides is 2. The Balaban J connectivity index is 1.75. The fourth-order valence-electron chi connectivity index (χ4n) is 1.77. The van der Waals surface area contributed by atoms with Crippen molar-refractivity contribution in [3.05, 3.63) is 48.5 Å². The highest BCUT2D eigenvalue weighted by Gasteiger charge is 2.07. The van der Waals surface area contributed by atoms with Gasteiger partial charge >= 0.3 is 6.61 Å². The highest BCUT2D eigenvalue weighted by molar-refractivity contribution is 5.94. The number of hydrogen-bond donors (Lipinski definition) is 1. The lowest BCUT2D eigenvalue weighted by Gasteiger charge is -2.07. The van der Waals surface area contributed by atoms with Crippen LogP contribution in [0.15, 0.2) is 43.0 Å². The second-order valence-corrected chi connectivity index (χ2v) is 4.31. The van der Waals surface area contributed by atoms with Crippen molar-refractivity contribution in [2.24, 2.45) is 0 Å². The molecule has 2 rings (SSSR count). The average Bonchev–Trinajstić information content (AvgIpc) is 2.97. The number of ether oxygens (including phenoxy) is 1. The summed E-state index contributed by atoms with van der Waals surface area (Å²) in [4.78, 5) is 15.7. The molecule has 1 N–H and O–H groups in total. The van der Waals surface area contributed by atoms with Gasteiger partial charge in [-0.3, -0.25) is 4.79 Å². The van der Waals surface area contributed by atoms with Gasteiger partial charge in [-0.15, -0.1) is 0 Å². The van der Waals surface area contributed by atoms with Crippen molar-refractivity contribution in [1.82, 2.24) is 14.9 Å². The van der Waals surface area contributed by atoms with Crippen LogP contribution in [0.3, 0.4) is 0 Å². The van der Waals surface area contributed by atoms with Gasteiger partial charge < -0.3 is 14.6 Å². The number of hydrogen-bond acceptors (Lipinski definition) is 3. The Hall–Kier alpha value is -2.44. The first-order valence-electron chi connectivity index (χ1n) is 6.44. The number of carbonyl (C=O) groups is 1. The smallest absolute Gasteiger partial charge is 0.387 e. The van der Waals surface area contributed by atoms with E-state index in [0.717, 1.165) is 13.0 Å². The second kappa shape index (κ2) is 7.37. The summed E-state index contributed by atoms with van der Waals surface area (Å²) < 4.78 is 30.1. The largest absolute Gasteiger partial charge is 0.435 e. The summed E-state index contributed by atoms with van der Waals surface area (Å²) in [6.07, 6.45) is 6.03. The first kappa shape index (κ1) is 15.0. The molecular formula is C14H15F2N3O2. The van der Waals surface area contributed by atoms with E-state index in [1.807, 2.05) is 10.8 Å². The first-order valence-corrected chi connectivity index (χ1v) is 6.44. The van der Waals surface area contributed by atoms with E-state index in [-0.39, 0.29) is 11.7 Å². The molecule has 0 unspecified atom stereocenters. The molecular weight excluding hydrogens is 280 g/mol. The minimum Gasteiger partial charge on any atom is -0.435 e. The van der Waals surface area contributed by atoms with Crippen molar-refractivity contribution in [2.75, 3.05) is 6.54 Å². The van der Waals surface area contributed by atoms with Crippen LogP contribution < -0.4 is 10.1 Å². The summed E-state index contributed by atoms with van der Waals surface area (Å²) >= 11 is 0. The van der Waals surface area contributed by atoms with Gasteiger partial charge in [0.25, 0.3) is 5.91 Å². The Morgan fingerprint density at radius 2 is 2.10 bits per heavy atom. The van der Waals surface area contributed by atoms with E-state index in [1.165, 1.54) is 24.3 Å². The summed E-state index contributed by atoms with van der Waals surface area (Å²) in [5, 5.41) is 2.76. The van der Waals surface area contributed by atoms with Crippen molar-refractivity contribution >= 4 is 5.91 Å². The lowest BCUT2D eigenvalue weighted by atomic mass is 10.2. The number of benzene rings is 1. The van der Waals surface area contributed by atoms with Crippen molar-refractivity contribution in [2.45, 2.75) is 19.6 Å². The number of rotatable bonds is 7. The van der Waals surface area contributed by atoms with Crippen molar-refractivity contribution in [1.29, 1.82) is 0 Å². The molecule has 2 aromatic rings. The van der Waals surface area contributed by atoms with E-state index in [4.69, 9.17) is 0 Å². The van der Waals surface area contributed by atoms with Crippen LogP contribution in [-0.4, -0.2) is 28.6 Å². The minimum absolute atomic E-state index is 0.0293. The maximum atomic E-state index is 12.0. The van der Waals surface area contributed by atoms with Crippen molar-refractivity contribution in [3.8, 4) is 5.75 Å². The third kappa shape index (κ3) is 4.87. The molecule has 0 aliphatic rings. The van der Waals surface area contributed by atoms with Gasteiger partial charge in [-0.05, 0) is 30.7 Å². The number of carbonyl (C=O) groups excluding carboxylic acids is 1. The van der Waals surface area contributed by atoms with Gasteiger partial charge in [-0.1, -0.05) is 0 Å². The molecule has 7 heteroatoms. The Morgan fingerprint density at radius 1 is 1.33 bits per heavy atom. The monoisotopic (exact) mass is 295 g/mol. The average molecular weight is 295 g/mol. The zero-order valence-corrected chi connectivity index (χ0v) is 11.2. The SMILES string of the molecule is O=C(NCCCn1ccnc1)c1ccc(OC(F)F)cc1. The van der Waals surface area contributed by atoms with E-state index in [9.17, 15) is 13.6 Å². The third-order valence-corrected chi connectivity index (χ3v) is 2.78. The van der Waals surface area contributed by atoms with E-state index in [2.05, 4.69) is 15.0 Å². The highest BCUT2D eigenvalue weighted by atomic mass is 19.3. The predicted octanol–water partition coefficient (Wildman–Crippen LogP) is 2.30. The quantitative estimate of drug-likeness (QED) is 0.797. The molecule has 0 aliphatic heterocycles. The molecule has 0 saturated carbocycles. The highest BCUT2D eigenvalue weighted by Crippen LogP contribution is 2.14. The summed E-state index contributed by atoms with van der Waals surface area (Å²) in [6.45, 7) is -1.58. The molecule has 1 aromatic heterocycles. The van der Waals surface area contributed by atoms with E-state index in [1.54, 1.807) is 12.5 Å². The predicted molar refractivity (Wildman–Crippen MR) is 72.3 cm³/mol. The molecule has 0 atom stereocenters. The number of aromatic nitrogens is 2. The Kier molecular flexibility index (Phi) is 5.25. The minimum atomic E-state index is -2.87. The molecule has 0 aliphatic carbocycles. The molecule has 0 radical (unpaired) electrons. The van der Waals surface area contributed by atoms with Gasteiger partial charge in [0, 0.05) is 31.0 Å². The Labute approximate surface area is 120 Å². The molecule has 1 heterocycles. The number of imidazole rings is 1. The van der Waals surface area contributed by atoms with Crippen LogP contribution in [0.25, 0.3) is 0 Å². The molecule has 21 heavy (non-hydrogen) atoms. The Bertz CT molecular complexity index is 556. The van der Waals surface area contributed by atoms with Crippen LogP contribution in [0.4, 0.5) is 8.78 Å². The van der Waals surface area contributed by atoms with Gasteiger partial charge in [-0.2, -0.15) is 8.78 Å². The zero-order chi connectivity index (χ0) is 15.1. The lowest BCUT2D eigenvalue weighted by molar-refractivity contribution is -0.0498. The number of aryl methyl sites for hydroxylation is 1. The summed E-state index contributed by atoms with van der Waals surface area (Å²) in [5.41, 5.74) is 0.402. The number of nitrogens with one attached hydrogen (secondary N) is 1. The topological polar surface area (TPSA) is 56.2 Å². The lowest BCUT2D eigenvalue weighted by Crippen LogP contribution is -2.25. The van der Waals surface area contributed by atoms with Gasteiger partial charge in [0.15, 0.2) is 0 Å². The van der Waals surface area contributed by atoms with Crippen molar-refractivity contribution < 1.29 is 18.3 Å². The van der Waals surface area contributed by atoms with E-state index in [0.29, 0.717) is 12.1 Å². The second-order valence-electron chi connectivity index (χ2n) is 4.31.